The molecule has 0 atom stereocenters. The number of nitrogens with one attached hydrogen (secondary N) is 2. The Morgan fingerprint density at radius 2 is 1.64 bits per heavy atom. The van der Waals surface area contributed by atoms with Crippen molar-refractivity contribution in [1.82, 2.24) is 0 Å². The molecule has 8 nitrogen and oxygen atoms in total. The Morgan fingerprint density at radius 3 is 2.33 bits per heavy atom. The van der Waals surface area contributed by atoms with Crippen LogP contribution in [0.5, 0.6) is 0 Å². The summed E-state index contributed by atoms with van der Waals surface area (Å²) >= 11 is 18.2. The van der Waals surface area contributed by atoms with Crippen LogP contribution in [0.15, 0.2) is 77.5 Å². The van der Waals surface area contributed by atoms with Gasteiger partial charge in [-0.15, -0.1) is 0 Å². The van der Waals surface area contributed by atoms with Crippen molar-refractivity contribution in [3.8, 4) is 0 Å². The van der Waals surface area contributed by atoms with Crippen molar-refractivity contribution in [3.05, 3.63) is 98.6 Å². The highest BCUT2D eigenvalue weighted by molar-refractivity contribution is 6.53. The number of amides is 3. The molecule has 39 heavy (non-hydrogen) atoms. The molecule has 1 aliphatic rings. The van der Waals surface area contributed by atoms with E-state index < -0.39 is 23.7 Å². The van der Waals surface area contributed by atoms with E-state index in [-0.39, 0.29) is 28.6 Å². The zero-order chi connectivity index (χ0) is 28.1. The van der Waals surface area contributed by atoms with E-state index in [1.807, 2.05) is 6.92 Å². The van der Waals surface area contributed by atoms with Crippen LogP contribution in [0, 0.1) is 0 Å². The summed E-state index contributed by atoms with van der Waals surface area (Å²) in [5.74, 6) is -2.39. The second-order valence-corrected chi connectivity index (χ2v) is 9.68. The molecule has 2 N–H and O–H groups in total. The van der Waals surface area contributed by atoms with E-state index in [2.05, 4.69) is 10.6 Å². The fourth-order valence-electron chi connectivity index (χ4n) is 3.64. The van der Waals surface area contributed by atoms with Crippen molar-refractivity contribution in [3.63, 3.8) is 0 Å². The van der Waals surface area contributed by atoms with Crippen molar-refractivity contribution in [2.75, 3.05) is 22.1 Å². The summed E-state index contributed by atoms with van der Waals surface area (Å²) in [4.78, 5) is 51.8. The minimum Gasteiger partial charge on any atom is -0.462 e. The predicted molar refractivity (Wildman–Crippen MR) is 151 cm³/mol. The summed E-state index contributed by atoms with van der Waals surface area (Å²) in [5.41, 5.74) is 1.39. The fraction of sp³-hybridized carbons (Fsp3) is 0.143. The van der Waals surface area contributed by atoms with E-state index in [1.54, 1.807) is 30.3 Å². The molecule has 0 fully saturated rings. The van der Waals surface area contributed by atoms with Gasteiger partial charge in [0, 0.05) is 16.3 Å². The van der Waals surface area contributed by atoms with Gasteiger partial charge in [-0.05, 0) is 67.1 Å². The van der Waals surface area contributed by atoms with Crippen molar-refractivity contribution in [1.29, 1.82) is 0 Å². The molecule has 1 aliphatic heterocycles. The molecule has 11 heteroatoms. The number of benzene rings is 3. The zero-order valence-electron chi connectivity index (χ0n) is 20.6. The largest absolute Gasteiger partial charge is 0.462 e. The van der Waals surface area contributed by atoms with Crippen molar-refractivity contribution >= 4 is 75.6 Å². The molecule has 3 amide bonds. The van der Waals surface area contributed by atoms with Crippen molar-refractivity contribution < 1.29 is 23.9 Å². The lowest BCUT2D eigenvalue weighted by Crippen LogP contribution is -2.32. The lowest BCUT2D eigenvalue weighted by atomic mass is 10.1. The summed E-state index contributed by atoms with van der Waals surface area (Å²) in [6.07, 6.45) is 1.60. The molecule has 0 saturated carbocycles. The number of imide groups is 1. The monoisotopic (exact) mass is 585 g/mol. The third-order valence-corrected chi connectivity index (χ3v) is 6.59. The van der Waals surface area contributed by atoms with Crippen LogP contribution in [0.1, 0.15) is 40.5 Å². The SMILES string of the molecule is CCCCOC(=O)c1cccc(N2C(=O)C(Cl)=C(Nc3ccc(C(=O)Nc4ccc(Cl)cc4Cl)cc3)C2=O)c1. The summed E-state index contributed by atoms with van der Waals surface area (Å²) in [5, 5.41) is 5.98. The molecule has 0 bridgehead atoms. The van der Waals surface area contributed by atoms with Gasteiger partial charge in [-0.3, -0.25) is 14.4 Å². The molecule has 200 valence electrons. The van der Waals surface area contributed by atoms with E-state index in [1.165, 1.54) is 36.4 Å². The smallest absolute Gasteiger partial charge is 0.338 e. The Morgan fingerprint density at radius 1 is 0.897 bits per heavy atom. The van der Waals surface area contributed by atoms with Gasteiger partial charge < -0.3 is 15.4 Å². The van der Waals surface area contributed by atoms with Crippen LogP contribution in [0.4, 0.5) is 17.1 Å². The van der Waals surface area contributed by atoms with Gasteiger partial charge in [-0.2, -0.15) is 0 Å². The van der Waals surface area contributed by atoms with Crippen LogP contribution < -0.4 is 15.5 Å². The molecule has 0 radical (unpaired) electrons. The Labute approximate surface area is 239 Å². The first-order valence-corrected chi connectivity index (χ1v) is 13.0. The van der Waals surface area contributed by atoms with Gasteiger partial charge in [0.25, 0.3) is 17.7 Å². The Balaban J connectivity index is 1.45. The van der Waals surface area contributed by atoms with Crippen LogP contribution in [-0.2, 0) is 14.3 Å². The third kappa shape index (κ3) is 6.42. The molecule has 1 heterocycles. The summed E-state index contributed by atoms with van der Waals surface area (Å²) in [6, 6.07) is 16.9. The molecule has 4 rings (SSSR count). The number of carbonyl (C=O) groups excluding carboxylic acids is 4. The maximum absolute atomic E-state index is 13.2. The van der Waals surface area contributed by atoms with E-state index >= 15 is 0 Å². The fourth-order valence-corrected chi connectivity index (χ4v) is 4.31. The number of rotatable bonds is 9. The lowest BCUT2D eigenvalue weighted by molar-refractivity contribution is -0.120. The third-order valence-electron chi connectivity index (χ3n) is 5.69. The van der Waals surface area contributed by atoms with Crippen molar-refractivity contribution in [2.45, 2.75) is 19.8 Å². The number of anilines is 3. The number of ether oxygens (including phenoxy) is 1. The van der Waals surface area contributed by atoms with E-state index in [0.29, 0.717) is 27.0 Å². The van der Waals surface area contributed by atoms with Crippen LogP contribution in [0.2, 0.25) is 10.0 Å². The number of esters is 1. The minimum atomic E-state index is -0.739. The Hall–Kier alpha value is -3.85. The number of nitrogens with zero attached hydrogens (tertiary/aromatic N) is 1. The average Bonchev–Trinajstić information content (AvgIpc) is 3.13. The predicted octanol–water partition coefficient (Wildman–Crippen LogP) is 6.64. The second-order valence-electron chi connectivity index (χ2n) is 8.46. The molecule has 0 saturated heterocycles. The normalized spacial score (nSPS) is 13.1. The maximum Gasteiger partial charge on any atom is 0.338 e. The highest BCUT2D eigenvalue weighted by Crippen LogP contribution is 2.31. The van der Waals surface area contributed by atoms with E-state index in [4.69, 9.17) is 39.5 Å². The van der Waals surface area contributed by atoms with Crippen LogP contribution in [-0.4, -0.2) is 30.3 Å². The van der Waals surface area contributed by atoms with Gasteiger partial charge in [-0.1, -0.05) is 54.2 Å². The Kier molecular flexibility index (Phi) is 8.91. The first kappa shape index (κ1) is 28.2. The average molecular weight is 587 g/mol. The number of halogens is 3. The minimum absolute atomic E-state index is 0.136. The highest BCUT2D eigenvalue weighted by atomic mass is 35.5. The first-order valence-electron chi connectivity index (χ1n) is 11.9. The quantitative estimate of drug-likeness (QED) is 0.165. The number of unbranched alkanes of at least 4 members (excludes halogenated alkanes) is 1. The maximum atomic E-state index is 13.2. The van der Waals surface area contributed by atoms with Crippen molar-refractivity contribution in [2.24, 2.45) is 0 Å². The van der Waals surface area contributed by atoms with Gasteiger partial charge in [-0.25, -0.2) is 9.69 Å². The number of carbonyl (C=O) groups is 4. The molecule has 0 unspecified atom stereocenters. The lowest BCUT2D eigenvalue weighted by Gasteiger charge is -2.16. The summed E-state index contributed by atoms with van der Waals surface area (Å²) < 4.78 is 5.21. The first-order chi connectivity index (χ1) is 18.7. The summed E-state index contributed by atoms with van der Waals surface area (Å²) in [6.45, 7) is 2.25. The highest BCUT2D eigenvalue weighted by Gasteiger charge is 2.39. The van der Waals surface area contributed by atoms with Gasteiger partial charge in [0.15, 0.2) is 0 Å². The molecular formula is C28H22Cl3N3O5. The van der Waals surface area contributed by atoms with Crippen LogP contribution >= 0.6 is 34.8 Å². The summed E-state index contributed by atoms with van der Waals surface area (Å²) in [7, 11) is 0. The van der Waals surface area contributed by atoms with Gasteiger partial charge in [0.2, 0.25) is 0 Å². The topological polar surface area (TPSA) is 105 Å². The number of hydrogen-bond acceptors (Lipinski definition) is 6. The van der Waals surface area contributed by atoms with Gasteiger partial charge in [0.1, 0.15) is 10.7 Å². The van der Waals surface area contributed by atoms with Crippen LogP contribution in [0.3, 0.4) is 0 Å². The number of hydrogen-bond donors (Lipinski definition) is 2. The second kappa shape index (κ2) is 12.3. The zero-order valence-corrected chi connectivity index (χ0v) is 22.9. The molecule has 0 aliphatic carbocycles. The van der Waals surface area contributed by atoms with E-state index in [0.717, 1.165) is 17.7 Å². The molecule has 0 aromatic heterocycles. The molecular weight excluding hydrogens is 565 g/mol. The standard InChI is InChI=1S/C28H22Cl3N3O5/c1-2-3-13-39-28(38)17-5-4-6-20(14-17)34-26(36)23(31)24(27(34)37)32-19-10-7-16(8-11-19)25(35)33-22-12-9-18(29)15-21(22)30/h4-12,14-15,32H,2-3,13H2,1H3,(H,33,35). The molecule has 3 aromatic carbocycles. The molecule has 3 aromatic rings. The van der Waals surface area contributed by atoms with E-state index in [9.17, 15) is 19.2 Å². The van der Waals surface area contributed by atoms with Gasteiger partial charge >= 0.3 is 5.97 Å². The molecule has 0 spiro atoms. The van der Waals surface area contributed by atoms with Crippen LogP contribution in [0.25, 0.3) is 0 Å². The van der Waals surface area contributed by atoms with Gasteiger partial charge in [0.05, 0.1) is 28.6 Å². The Bertz CT molecular complexity index is 1490.